The normalized spacial score (nSPS) is 16.1. The van der Waals surface area contributed by atoms with Crippen LogP contribution in [0.15, 0.2) is 23.1 Å². The minimum absolute atomic E-state index is 0.173. The topological polar surface area (TPSA) is 81.4 Å². The van der Waals surface area contributed by atoms with Crippen molar-refractivity contribution in [3.05, 3.63) is 23.8 Å². The van der Waals surface area contributed by atoms with Gasteiger partial charge in [-0.15, -0.1) is 0 Å². The van der Waals surface area contributed by atoms with Gasteiger partial charge in [-0.3, -0.25) is 0 Å². The molecule has 1 fully saturated rings. The number of ether oxygens (including phenoxy) is 1. The lowest BCUT2D eigenvalue weighted by atomic mass is 9.86. The van der Waals surface area contributed by atoms with E-state index >= 15 is 0 Å². The fourth-order valence-electron chi connectivity index (χ4n) is 2.06. The maximum atomic E-state index is 12.2. The molecule has 0 spiro atoms. The van der Waals surface area contributed by atoms with Crippen LogP contribution in [0.1, 0.15) is 24.8 Å². The largest absolute Gasteiger partial charge is 0.495 e. The number of nitrogens with two attached hydrogens (primary N) is 1. The van der Waals surface area contributed by atoms with Crippen molar-refractivity contribution in [1.29, 1.82) is 0 Å². The molecular formula is C13H20N2O3S. The molecule has 5 nitrogen and oxygen atoms in total. The number of sulfonamides is 1. The Bertz CT molecular complexity index is 539. The maximum Gasteiger partial charge on any atom is 0.244 e. The van der Waals surface area contributed by atoms with Crippen LogP contribution in [0.25, 0.3) is 0 Å². The Morgan fingerprint density at radius 3 is 2.68 bits per heavy atom. The zero-order valence-corrected chi connectivity index (χ0v) is 11.9. The fourth-order valence-corrected chi connectivity index (χ4v) is 3.33. The first-order valence-electron chi connectivity index (χ1n) is 6.43. The Hall–Kier alpha value is -1.11. The number of hydrogen-bond donors (Lipinski definition) is 2. The summed E-state index contributed by atoms with van der Waals surface area (Å²) in [7, 11) is -2.06. The second-order valence-corrected chi connectivity index (χ2v) is 6.57. The summed E-state index contributed by atoms with van der Waals surface area (Å²) in [5.74, 6) is 0.813. The quantitative estimate of drug-likeness (QED) is 0.823. The molecule has 0 atom stereocenters. The molecule has 0 amide bonds. The van der Waals surface area contributed by atoms with E-state index in [1.807, 2.05) is 0 Å². The summed E-state index contributed by atoms with van der Waals surface area (Å²) in [6, 6.07) is 4.92. The van der Waals surface area contributed by atoms with Crippen molar-refractivity contribution in [2.24, 2.45) is 11.7 Å². The minimum atomic E-state index is -3.52. The third-order valence-corrected chi connectivity index (χ3v) is 5.00. The molecule has 6 heteroatoms. The molecule has 19 heavy (non-hydrogen) atoms. The zero-order chi connectivity index (χ0) is 13.9. The van der Waals surface area contributed by atoms with Gasteiger partial charge in [-0.05, 0) is 36.5 Å². The van der Waals surface area contributed by atoms with Crippen LogP contribution in [-0.4, -0.2) is 22.1 Å². The van der Waals surface area contributed by atoms with Gasteiger partial charge in [0, 0.05) is 13.1 Å². The Balaban J connectivity index is 2.18. The first kappa shape index (κ1) is 14.3. The molecule has 1 aliphatic rings. The van der Waals surface area contributed by atoms with E-state index in [1.165, 1.54) is 13.5 Å². The summed E-state index contributed by atoms with van der Waals surface area (Å²) in [5, 5.41) is 0. The van der Waals surface area contributed by atoms with Crippen molar-refractivity contribution in [3.63, 3.8) is 0 Å². The standard InChI is InChI=1S/C13H20N2O3S/c1-18-12-7-11(8-14)5-6-13(12)19(16,17)15-9-10-3-2-4-10/h5-7,10,15H,2-4,8-9,14H2,1H3. The molecule has 0 bridgehead atoms. The van der Waals surface area contributed by atoms with Crippen molar-refractivity contribution >= 4 is 10.0 Å². The predicted octanol–water partition coefficient (Wildman–Crippen LogP) is 1.23. The van der Waals surface area contributed by atoms with Crippen LogP contribution in [0.2, 0.25) is 0 Å². The molecule has 3 N–H and O–H groups in total. The van der Waals surface area contributed by atoms with E-state index in [4.69, 9.17) is 10.5 Å². The van der Waals surface area contributed by atoms with Crippen LogP contribution >= 0.6 is 0 Å². The molecule has 1 aromatic rings. The molecule has 0 aromatic heterocycles. The average Bonchev–Trinajstić information content (AvgIpc) is 2.35. The molecule has 0 saturated heterocycles. The van der Waals surface area contributed by atoms with Crippen LogP contribution in [0, 0.1) is 5.92 Å². The van der Waals surface area contributed by atoms with Gasteiger partial charge in [-0.1, -0.05) is 12.5 Å². The van der Waals surface area contributed by atoms with Crippen molar-refractivity contribution in [3.8, 4) is 5.75 Å². The van der Waals surface area contributed by atoms with E-state index in [0.29, 0.717) is 24.8 Å². The highest BCUT2D eigenvalue weighted by molar-refractivity contribution is 7.89. The van der Waals surface area contributed by atoms with Gasteiger partial charge in [-0.2, -0.15) is 0 Å². The highest BCUT2D eigenvalue weighted by atomic mass is 32.2. The van der Waals surface area contributed by atoms with Crippen LogP contribution in [0.3, 0.4) is 0 Å². The molecule has 1 aliphatic carbocycles. The lowest BCUT2D eigenvalue weighted by Crippen LogP contribution is -2.32. The van der Waals surface area contributed by atoms with Gasteiger partial charge < -0.3 is 10.5 Å². The zero-order valence-electron chi connectivity index (χ0n) is 11.1. The fraction of sp³-hybridized carbons (Fsp3) is 0.538. The molecule has 0 radical (unpaired) electrons. The summed E-state index contributed by atoms with van der Waals surface area (Å²) in [6.07, 6.45) is 3.40. The summed E-state index contributed by atoms with van der Waals surface area (Å²) < 4.78 is 32.3. The predicted molar refractivity (Wildman–Crippen MR) is 73.4 cm³/mol. The van der Waals surface area contributed by atoms with E-state index < -0.39 is 10.0 Å². The number of methoxy groups -OCH3 is 1. The van der Waals surface area contributed by atoms with Crippen LogP contribution in [-0.2, 0) is 16.6 Å². The Morgan fingerprint density at radius 1 is 1.42 bits per heavy atom. The van der Waals surface area contributed by atoms with Gasteiger partial charge >= 0.3 is 0 Å². The third kappa shape index (κ3) is 3.26. The van der Waals surface area contributed by atoms with Gasteiger partial charge in [0.15, 0.2) is 0 Å². The van der Waals surface area contributed by atoms with Gasteiger partial charge in [-0.25, -0.2) is 13.1 Å². The van der Waals surface area contributed by atoms with Crippen molar-refractivity contribution in [1.82, 2.24) is 4.72 Å². The van der Waals surface area contributed by atoms with E-state index in [-0.39, 0.29) is 4.90 Å². The molecule has 1 aromatic carbocycles. The SMILES string of the molecule is COc1cc(CN)ccc1S(=O)(=O)NCC1CCC1. The molecule has 0 unspecified atom stereocenters. The minimum Gasteiger partial charge on any atom is -0.495 e. The smallest absolute Gasteiger partial charge is 0.244 e. The van der Waals surface area contributed by atoms with Crippen molar-refractivity contribution < 1.29 is 13.2 Å². The highest BCUT2D eigenvalue weighted by Crippen LogP contribution is 2.28. The molecule has 0 aliphatic heterocycles. The van der Waals surface area contributed by atoms with E-state index in [0.717, 1.165) is 18.4 Å². The first-order chi connectivity index (χ1) is 9.06. The van der Waals surface area contributed by atoms with Crippen LogP contribution in [0.4, 0.5) is 0 Å². The molecular weight excluding hydrogens is 264 g/mol. The van der Waals surface area contributed by atoms with Crippen molar-refractivity contribution in [2.45, 2.75) is 30.7 Å². The molecule has 0 heterocycles. The Kier molecular flexibility index (Phi) is 4.44. The number of rotatable bonds is 6. The van der Waals surface area contributed by atoms with Gasteiger partial charge in [0.1, 0.15) is 10.6 Å². The van der Waals surface area contributed by atoms with Gasteiger partial charge in [0.05, 0.1) is 7.11 Å². The van der Waals surface area contributed by atoms with Crippen LogP contribution in [0.5, 0.6) is 5.75 Å². The number of nitrogens with one attached hydrogen (secondary N) is 1. The first-order valence-corrected chi connectivity index (χ1v) is 7.92. The summed E-state index contributed by atoms with van der Waals surface area (Å²) in [4.78, 5) is 0.173. The second-order valence-electron chi connectivity index (χ2n) is 4.84. The summed E-state index contributed by atoms with van der Waals surface area (Å²) in [5.41, 5.74) is 6.38. The van der Waals surface area contributed by atoms with E-state index in [2.05, 4.69) is 4.72 Å². The maximum absolute atomic E-state index is 12.2. The monoisotopic (exact) mass is 284 g/mol. The lowest BCUT2D eigenvalue weighted by molar-refractivity contribution is 0.316. The molecule has 1 saturated carbocycles. The molecule has 2 rings (SSSR count). The van der Waals surface area contributed by atoms with Gasteiger partial charge in [0.2, 0.25) is 10.0 Å². The van der Waals surface area contributed by atoms with Crippen LogP contribution < -0.4 is 15.2 Å². The molecule has 106 valence electrons. The second kappa shape index (κ2) is 5.90. The highest BCUT2D eigenvalue weighted by Gasteiger charge is 2.23. The van der Waals surface area contributed by atoms with E-state index in [1.54, 1.807) is 18.2 Å². The lowest BCUT2D eigenvalue weighted by Gasteiger charge is -2.25. The third-order valence-electron chi connectivity index (χ3n) is 3.54. The van der Waals surface area contributed by atoms with E-state index in [9.17, 15) is 8.42 Å². The number of benzene rings is 1. The average molecular weight is 284 g/mol. The van der Waals surface area contributed by atoms with Crippen molar-refractivity contribution in [2.75, 3.05) is 13.7 Å². The summed E-state index contributed by atoms with van der Waals surface area (Å²) in [6.45, 7) is 0.857. The Labute approximate surface area is 114 Å². The summed E-state index contributed by atoms with van der Waals surface area (Å²) >= 11 is 0. The van der Waals surface area contributed by atoms with Gasteiger partial charge in [0.25, 0.3) is 0 Å². The number of hydrogen-bond acceptors (Lipinski definition) is 4. The Morgan fingerprint density at radius 2 is 2.16 bits per heavy atom.